The highest BCUT2D eigenvalue weighted by Crippen LogP contribution is 2.40. The molecule has 0 aliphatic carbocycles. The Morgan fingerprint density at radius 1 is 0.857 bits per heavy atom. The Morgan fingerprint density at radius 3 is 2.09 bits per heavy atom. The lowest BCUT2D eigenvalue weighted by Crippen LogP contribution is -2.23. The number of aromatic hydroxyl groups is 1. The first-order chi connectivity index (χ1) is 16.5. The van der Waals surface area contributed by atoms with Crippen LogP contribution in [-0.4, -0.2) is 22.1 Å². The van der Waals surface area contributed by atoms with E-state index in [1.54, 1.807) is 6.21 Å². The van der Waals surface area contributed by atoms with E-state index in [1.807, 2.05) is 66.9 Å². The summed E-state index contributed by atoms with van der Waals surface area (Å²) in [7, 11) is 0. The molecule has 35 heavy (non-hydrogen) atoms. The summed E-state index contributed by atoms with van der Waals surface area (Å²) < 4.78 is 0. The van der Waals surface area contributed by atoms with Crippen LogP contribution in [0.15, 0.2) is 83.0 Å². The fraction of sp³-hybridized carbons (Fsp3) is 0.267. The number of aromatic amines is 1. The molecule has 0 aliphatic heterocycles. The van der Waals surface area contributed by atoms with E-state index in [1.165, 1.54) is 0 Å². The van der Waals surface area contributed by atoms with E-state index >= 15 is 0 Å². The molecule has 0 fully saturated rings. The number of phenolic OH excluding ortho intramolecular Hbond substituents is 1. The maximum absolute atomic E-state index is 11.2. The van der Waals surface area contributed by atoms with Crippen molar-refractivity contribution in [2.75, 3.05) is 0 Å². The van der Waals surface area contributed by atoms with E-state index in [-0.39, 0.29) is 10.8 Å². The molecule has 1 aromatic heterocycles. The minimum Gasteiger partial charge on any atom is -0.507 e. The molecule has 0 radical (unpaired) electrons. The number of amidine groups is 1. The average Bonchev–Trinajstić information content (AvgIpc) is 3.21. The minimum absolute atomic E-state index is 0.245. The van der Waals surface area contributed by atoms with Crippen LogP contribution in [0.3, 0.4) is 0 Å². The molecule has 0 unspecified atom stereocenters. The number of phenols is 1. The summed E-state index contributed by atoms with van der Waals surface area (Å²) in [5.74, 6) is 0.957. The van der Waals surface area contributed by atoms with Crippen molar-refractivity contribution in [1.29, 1.82) is 0 Å². The third-order valence-electron chi connectivity index (χ3n) is 5.99. The highest BCUT2D eigenvalue weighted by atomic mass is 16.3. The van der Waals surface area contributed by atoms with Gasteiger partial charge in [0.15, 0.2) is 5.84 Å². The van der Waals surface area contributed by atoms with Crippen LogP contribution < -0.4 is 5.43 Å². The average molecular weight is 467 g/mol. The molecule has 0 amide bonds. The molecule has 0 bridgehead atoms. The molecule has 3 N–H and O–H groups in total. The van der Waals surface area contributed by atoms with Crippen molar-refractivity contribution in [3.05, 3.63) is 95.2 Å². The molecule has 0 aliphatic rings. The fourth-order valence-corrected chi connectivity index (χ4v) is 4.06. The number of nitrogens with one attached hydrogen (secondary N) is 2. The minimum atomic E-state index is -0.245. The van der Waals surface area contributed by atoms with Crippen LogP contribution in [0, 0.1) is 0 Å². The number of hydrazone groups is 1. The Labute approximate surface area is 207 Å². The van der Waals surface area contributed by atoms with Crippen molar-refractivity contribution in [3.63, 3.8) is 0 Å². The third kappa shape index (κ3) is 5.46. The van der Waals surface area contributed by atoms with Gasteiger partial charge >= 0.3 is 0 Å². The zero-order valence-corrected chi connectivity index (χ0v) is 21.3. The van der Waals surface area contributed by atoms with Crippen LogP contribution in [0.2, 0.25) is 0 Å². The first-order valence-electron chi connectivity index (χ1n) is 11.9. The van der Waals surface area contributed by atoms with Gasteiger partial charge < -0.3 is 10.1 Å². The van der Waals surface area contributed by atoms with Crippen molar-refractivity contribution in [1.82, 2.24) is 10.4 Å². The molecule has 4 rings (SSSR count). The van der Waals surface area contributed by atoms with E-state index < -0.39 is 0 Å². The quantitative estimate of drug-likeness (QED) is 0.169. The molecular formula is C30H34N4O. The van der Waals surface area contributed by atoms with Crippen LogP contribution in [-0.2, 0) is 10.8 Å². The molecule has 5 heteroatoms. The Morgan fingerprint density at radius 2 is 1.46 bits per heavy atom. The second-order valence-corrected chi connectivity index (χ2v) is 10.9. The Balaban J connectivity index is 1.81. The van der Waals surface area contributed by atoms with Crippen LogP contribution >= 0.6 is 0 Å². The van der Waals surface area contributed by atoms with E-state index in [2.05, 4.69) is 63.1 Å². The van der Waals surface area contributed by atoms with Gasteiger partial charge in [0.1, 0.15) is 5.75 Å². The van der Waals surface area contributed by atoms with Gasteiger partial charge in [-0.2, -0.15) is 5.10 Å². The van der Waals surface area contributed by atoms with E-state index in [9.17, 15) is 5.11 Å². The van der Waals surface area contributed by atoms with E-state index in [0.717, 1.165) is 38.8 Å². The zero-order chi connectivity index (χ0) is 25.2. The van der Waals surface area contributed by atoms with Crippen molar-refractivity contribution in [2.45, 2.75) is 52.4 Å². The monoisotopic (exact) mass is 466 g/mol. The molecule has 3 aromatic carbocycles. The third-order valence-corrected chi connectivity index (χ3v) is 5.99. The topological polar surface area (TPSA) is 72.8 Å². The van der Waals surface area contributed by atoms with Crippen molar-refractivity contribution < 1.29 is 5.11 Å². The van der Waals surface area contributed by atoms with Gasteiger partial charge in [0.25, 0.3) is 0 Å². The lowest BCUT2D eigenvalue weighted by Gasteiger charge is -2.28. The predicted molar refractivity (Wildman–Crippen MR) is 147 cm³/mol. The van der Waals surface area contributed by atoms with Crippen LogP contribution in [0.4, 0.5) is 5.69 Å². The largest absolute Gasteiger partial charge is 0.507 e. The predicted octanol–water partition coefficient (Wildman–Crippen LogP) is 7.17. The summed E-state index contributed by atoms with van der Waals surface area (Å²) in [5.41, 5.74) is 8.20. The van der Waals surface area contributed by atoms with Gasteiger partial charge in [-0.05, 0) is 41.2 Å². The highest BCUT2D eigenvalue weighted by molar-refractivity contribution is 6.03. The van der Waals surface area contributed by atoms with Gasteiger partial charge in [-0.25, -0.2) is 4.99 Å². The standard InChI is InChI=1S/C30H34N4O/c1-29(2,3)24-16-20(17-25(27(24)35)30(4,5)6)28(33-22-12-8-7-9-13-22)34-32-19-21-18-31-26-15-11-10-14-23(21)26/h7-19,31,35H,1-6H3,(H,33,34)/b32-19+. The molecule has 4 aromatic rings. The van der Waals surface area contributed by atoms with Crippen molar-refractivity contribution >= 4 is 28.6 Å². The summed E-state index contributed by atoms with van der Waals surface area (Å²) in [6.45, 7) is 12.6. The summed E-state index contributed by atoms with van der Waals surface area (Å²) in [6.07, 6.45) is 3.74. The Kier molecular flexibility index (Phi) is 6.53. The number of benzene rings is 3. The number of para-hydroxylation sites is 2. The van der Waals surface area contributed by atoms with Gasteiger partial charge in [0.2, 0.25) is 0 Å². The molecule has 0 atom stereocenters. The van der Waals surface area contributed by atoms with Crippen molar-refractivity contribution in [3.8, 4) is 5.75 Å². The number of aromatic nitrogens is 1. The molecule has 0 saturated heterocycles. The number of fused-ring (bicyclic) bond motifs is 1. The summed E-state index contributed by atoms with van der Waals surface area (Å²) in [4.78, 5) is 8.16. The van der Waals surface area contributed by atoms with Gasteiger partial charge in [-0.3, -0.25) is 5.43 Å². The molecule has 5 nitrogen and oxygen atoms in total. The van der Waals surface area contributed by atoms with Gasteiger partial charge in [-0.15, -0.1) is 0 Å². The first-order valence-corrected chi connectivity index (χ1v) is 11.9. The number of H-pyrrole nitrogens is 1. The Hall–Kier alpha value is -3.86. The van der Waals surface area contributed by atoms with Gasteiger partial charge in [0, 0.05) is 39.4 Å². The number of rotatable bonds is 4. The maximum atomic E-state index is 11.2. The highest BCUT2D eigenvalue weighted by Gasteiger charge is 2.27. The molecule has 1 heterocycles. The summed E-state index contributed by atoms with van der Waals surface area (Å²) in [6, 6.07) is 22.0. The van der Waals surface area contributed by atoms with Gasteiger partial charge in [-0.1, -0.05) is 77.9 Å². The SMILES string of the molecule is CC(C)(C)c1cc(C(=Nc2ccccc2)N/N=C/c2c[nH]c3ccccc23)cc(C(C)(C)C)c1O. The van der Waals surface area contributed by atoms with Crippen molar-refractivity contribution in [2.24, 2.45) is 10.1 Å². The summed E-state index contributed by atoms with van der Waals surface area (Å²) >= 11 is 0. The second-order valence-electron chi connectivity index (χ2n) is 10.9. The van der Waals surface area contributed by atoms with Crippen LogP contribution in [0.25, 0.3) is 10.9 Å². The Bertz CT molecular complexity index is 1350. The smallest absolute Gasteiger partial charge is 0.154 e. The summed E-state index contributed by atoms with van der Waals surface area (Å²) in [5, 5.41) is 16.8. The lowest BCUT2D eigenvalue weighted by atomic mass is 9.78. The first kappa shape index (κ1) is 24.3. The molecule has 180 valence electrons. The molecule has 0 saturated carbocycles. The maximum Gasteiger partial charge on any atom is 0.154 e. The van der Waals surface area contributed by atoms with E-state index in [0.29, 0.717) is 11.6 Å². The number of aliphatic imine (C=N–C) groups is 1. The van der Waals surface area contributed by atoms with Gasteiger partial charge in [0.05, 0.1) is 11.9 Å². The zero-order valence-electron chi connectivity index (χ0n) is 21.3. The number of nitrogens with zero attached hydrogens (tertiary/aromatic N) is 2. The normalized spacial score (nSPS) is 13.0. The van der Waals surface area contributed by atoms with Crippen LogP contribution in [0.5, 0.6) is 5.75 Å². The van der Waals surface area contributed by atoms with Crippen LogP contribution in [0.1, 0.15) is 63.8 Å². The molecule has 0 spiro atoms. The number of hydrogen-bond donors (Lipinski definition) is 3. The molecular weight excluding hydrogens is 432 g/mol. The lowest BCUT2D eigenvalue weighted by molar-refractivity contribution is 0.423. The number of hydrogen-bond acceptors (Lipinski definition) is 3. The second kappa shape index (κ2) is 9.41. The fourth-order valence-electron chi connectivity index (χ4n) is 4.06. The van der Waals surface area contributed by atoms with E-state index in [4.69, 9.17) is 4.99 Å².